The molecule has 0 aliphatic carbocycles. The molecular formula is C15H20O3. The highest BCUT2D eigenvalue weighted by Crippen LogP contribution is 2.17. The van der Waals surface area contributed by atoms with Crippen molar-refractivity contribution in [1.82, 2.24) is 0 Å². The number of allylic oxidation sites excluding steroid dienone is 3. The molecule has 0 aliphatic heterocycles. The van der Waals surface area contributed by atoms with Crippen LogP contribution in [0.3, 0.4) is 0 Å². The van der Waals surface area contributed by atoms with Crippen LogP contribution in [0, 0.1) is 5.92 Å². The lowest BCUT2D eigenvalue weighted by molar-refractivity contribution is 0.0696. The largest absolute Gasteiger partial charge is 0.478 e. The maximum absolute atomic E-state index is 10.7. The molecule has 1 heterocycles. The molecule has 98 valence electrons. The van der Waals surface area contributed by atoms with Gasteiger partial charge in [-0.1, -0.05) is 31.2 Å². The molecule has 18 heavy (non-hydrogen) atoms. The third-order valence-corrected chi connectivity index (χ3v) is 2.90. The molecule has 0 aromatic carbocycles. The average molecular weight is 248 g/mol. The van der Waals surface area contributed by atoms with E-state index in [4.69, 9.17) is 9.52 Å². The third-order valence-electron chi connectivity index (χ3n) is 2.90. The van der Waals surface area contributed by atoms with Crippen molar-refractivity contribution in [1.29, 1.82) is 0 Å². The van der Waals surface area contributed by atoms with Gasteiger partial charge < -0.3 is 9.52 Å². The van der Waals surface area contributed by atoms with Crippen molar-refractivity contribution in [3.8, 4) is 0 Å². The zero-order chi connectivity index (χ0) is 13.5. The van der Waals surface area contributed by atoms with Gasteiger partial charge in [0.2, 0.25) is 0 Å². The van der Waals surface area contributed by atoms with Crippen LogP contribution in [0.2, 0.25) is 0 Å². The summed E-state index contributed by atoms with van der Waals surface area (Å²) >= 11 is 0. The van der Waals surface area contributed by atoms with Gasteiger partial charge in [-0.05, 0) is 31.7 Å². The summed E-state index contributed by atoms with van der Waals surface area (Å²) in [5.41, 5.74) is 1.41. The Labute approximate surface area is 108 Å². The molecule has 0 spiro atoms. The second-order valence-electron chi connectivity index (χ2n) is 4.65. The number of aromatic carboxylic acids is 1. The van der Waals surface area contributed by atoms with Crippen molar-refractivity contribution in [3.63, 3.8) is 0 Å². The Morgan fingerprint density at radius 2 is 2.33 bits per heavy atom. The van der Waals surface area contributed by atoms with E-state index in [-0.39, 0.29) is 5.56 Å². The number of carboxylic acid groups (broad SMARTS) is 1. The minimum atomic E-state index is -0.942. The van der Waals surface area contributed by atoms with E-state index in [0.717, 1.165) is 25.0 Å². The van der Waals surface area contributed by atoms with Gasteiger partial charge in [-0.25, -0.2) is 4.79 Å². The lowest BCUT2D eigenvalue weighted by atomic mass is 9.99. The van der Waals surface area contributed by atoms with Gasteiger partial charge in [0.1, 0.15) is 12.0 Å². The van der Waals surface area contributed by atoms with Crippen molar-refractivity contribution in [2.75, 3.05) is 0 Å². The molecule has 1 aromatic rings. The van der Waals surface area contributed by atoms with Crippen LogP contribution in [0.25, 0.3) is 0 Å². The van der Waals surface area contributed by atoms with Gasteiger partial charge in [-0.15, -0.1) is 0 Å². The quantitative estimate of drug-likeness (QED) is 0.740. The molecule has 0 aliphatic rings. The summed E-state index contributed by atoms with van der Waals surface area (Å²) in [6.45, 7) is 7.88. The number of carboxylic acids is 1. The van der Waals surface area contributed by atoms with Gasteiger partial charge in [-0.3, -0.25) is 0 Å². The molecule has 0 bridgehead atoms. The van der Waals surface area contributed by atoms with Crippen molar-refractivity contribution in [3.05, 3.63) is 48.0 Å². The molecule has 0 saturated heterocycles. The highest BCUT2D eigenvalue weighted by atomic mass is 16.4. The van der Waals surface area contributed by atoms with Crippen LogP contribution in [0.5, 0.6) is 0 Å². The van der Waals surface area contributed by atoms with E-state index in [9.17, 15) is 4.79 Å². The van der Waals surface area contributed by atoms with Crippen LogP contribution in [0.15, 0.2) is 41.1 Å². The summed E-state index contributed by atoms with van der Waals surface area (Å²) in [7, 11) is 0. The molecule has 0 saturated carbocycles. The van der Waals surface area contributed by atoms with Crippen LogP contribution >= 0.6 is 0 Å². The second kappa shape index (κ2) is 6.84. The van der Waals surface area contributed by atoms with Crippen LogP contribution < -0.4 is 0 Å². The van der Waals surface area contributed by atoms with E-state index < -0.39 is 5.97 Å². The molecule has 0 amide bonds. The van der Waals surface area contributed by atoms with E-state index in [0.29, 0.717) is 5.92 Å². The lowest BCUT2D eigenvalue weighted by Crippen LogP contribution is -1.98. The average Bonchev–Trinajstić information content (AvgIpc) is 2.77. The first-order chi connectivity index (χ1) is 8.52. The molecule has 3 heteroatoms. The molecule has 1 rings (SSSR count). The van der Waals surface area contributed by atoms with Crippen molar-refractivity contribution in [2.45, 2.75) is 33.1 Å². The maximum atomic E-state index is 10.7. The van der Waals surface area contributed by atoms with Crippen LogP contribution in [-0.4, -0.2) is 11.1 Å². The van der Waals surface area contributed by atoms with E-state index in [1.807, 2.05) is 13.0 Å². The van der Waals surface area contributed by atoms with Gasteiger partial charge in [0.15, 0.2) is 0 Å². The first kappa shape index (κ1) is 14.3. The monoisotopic (exact) mass is 248 g/mol. The fourth-order valence-electron chi connectivity index (χ4n) is 1.72. The summed E-state index contributed by atoms with van der Waals surface area (Å²) in [6.07, 6.45) is 8.13. The van der Waals surface area contributed by atoms with E-state index in [2.05, 4.69) is 19.6 Å². The molecular weight excluding hydrogens is 228 g/mol. The summed E-state index contributed by atoms with van der Waals surface area (Å²) in [6, 6.07) is 1.60. The van der Waals surface area contributed by atoms with Crippen LogP contribution in [-0.2, 0) is 6.42 Å². The molecule has 1 atom stereocenters. The van der Waals surface area contributed by atoms with Crippen LogP contribution in [0.4, 0.5) is 0 Å². The number of rotatable bonds is 7. The predicted molar refractivity (Wildman–Crippen MR) is 71.7 cm³/mol. The Kier molecular flexibility index (Phi) is 5.43. The molecule has 0 radical (unpaired) electrons. The SMILES string of the molecule is C=C/C(C)=C/CC[C@H](C)Cc1cc(C(=O)O)co1. The fraction of sp³-hybridized carbons (Fsp3) is 0.400. The second-order valence-corrected chi connectivity index (χ2v) is 4.65. The summed E-state index contributed by atoms with van der Waals surface area (Å²) in [5.74, 6) is 0.262. The molecule has 0 fully saturated rings. The predicted octanol–water partition coefficient (Wildman–Crippen LogP) is 4.07. The number of hydrogen-bond acceptors (Lipinski definition) is 2. The number of carbonyl (C=O) groups is 1. The van der Waals surface area contributed by atoms with Crippen LogP contribution in [0.1, 0.15) is 42.8 Å². The summed E-state index contributed by atoms with van der Waals surface area (Å²) in [5, 5.41) is 8.78. The molecule has 1 N–H and O–H groups in total. The summed E-state index contributed by atoms with van der Waals surface area (Å²) < 4.78 is 5.23. The minimum Gasteiger partial charge on any atom is -0.478 e. The normalized spacial score (nSPS) is 13.3. The van der Waals surface area contributed by atoms with Gasteiger partial charge in [-0.2, -0.15) is 0 Å². The Hall–Kier alpha value is -1.77. The Morgan fingerprint density at radius 1 is 1.61 bits per heavy atom. The third kappa shape index (κ3) is 4.62. The van der Waals surface area contributed by atoms with Gasteiger partial charge >= 0.3 is 5.97 Å². The van der Waals surface area contributed by atoms with Crippen molar-refractivity contribution < 1.29 is 14.3 Å². The highest BCUT2D eigenvalue weighted by molar-refractivity contribution is 5.87. The standard InChI is InChI=1S/C15H20O3/c1-4-11(2)6-5-7-12(3)8-14-9-13(10-18-14)15(16)17/h4,6,9-10,12H,1,5,7-8H2,2-3H3,(H,16,17)/b11-6+/t12-/m0/s1. The number of furan rings is 1. The first-order valence-corrected chi connectivity index (χ1v) is 6.12. The maximum Gasteiger partial charge on any atom is 0.338 e. The Morgan fingerprint density at radius 3 is 2.89 bits per heavy atom. The Balaban J connectivity index is 2.41. The topological polar surface area (TPSA) is 50.4 Å². The zero-order valence-electron chi connectivity index (χ0n) is 11.0. The molecule has 0 unspecified atom stereocenters. The van der Waals surface area contributed by atoms with Crippen molar-refractivity contribution >= 4 is 5.97 Å². The lowest BCUT2D eigenvalue weighted by Gasteiger charge is -2.07. The van der Waals surface area contributed by atoms with E-state index >= 15 is 0 Å². The zero-order valence-corrected chi connectivity index (χ0v) is 11.0. The minimum absolute atomic E-state index is 0.222. The van der Waals surface area contributed by atoms with Gasteiger partial charge in [0.05, 0.1) is 5.56 Å². The smallest absolute Gasteiger partial charge is 0.338 e. The van der Waals surface area contributed by atoms with Gasteiger partial charge in [0.25, 0.3) is 0 Å². The fourth-order valence-corrected chi connectivity index (χ4v) is 1.72. The van der Waals surface area contributed by atoms with Crippen molar-refractivity contribution in [2.24, 2.45) is 5.92 Å². The molecule has 1 aromatic heterocycles. The summed E-state index contributed by atoms with van der Waals surface area (Å²) in [4.78, 5) is 10.7. The Bertz CT molecular complexity index is 440. The first-order valence-electron chi connectivity index (χ1n) is 6.12. The molecule has 3 nitrogen and oxygen atoms in total. The van der Waals surface area contributed by atoms with E-state index in [1.165, 1.54) is 11.8 Å². The van der Waals surface area contributed by atoms with Gasteiger partial charge in [0, 0.05) is 6.42 Å². The van der Waals surface area contributed by atoms with E-state index in [1.54, 1.807) is 6.07 Å². The number of hydrogen-bond donors (Lipinski definition) is 1. The highest BCUT2D eigenvalue weighted by Gasteiger charge is 2.10.